The van der Waals surface area contributed by atoms with Crippen molar-refractivity contribution in [2.75, 3.05) is 0 Å². The number of aromatic nitrogens is 1. The topological polar surface area (TPSA) is 34.2 Å². The first-order valence-corrected chi connectivity index (χ1v) is 7.61. The third-order valence-corrected chi connectivity index (χ3v) is 3.55. The van der Waals surface area contributed by atoms with Gasteiger partial charge in [-0.25, -0.2) is 4.98 Å². The molecule has 2 aromatic rings. The number of rotatable bonds is 5. The first kappa shape index (κ1) is 16.4. The Morgan fingerprint density at radius 1 is 1.10 bits per heavy atom. The summed E-state index contributed by atoms with van der Waals surface area (Å²) in [7, 11) is 0. The van der Waals surface area contributed by atoms with Gasteiger partial charge in [-0.3, -0.25) is 0 Å². The van der Waals surface area contributed by atoms with Crippen molar-refractivity contribution in [3.05, 3.63) is 51.1 Å². The van der Waals surface area contributed by atoms with Crippen LogP contribution < -0.4 is 10.1 Å². The van der Waals surface area contributed by atoms with E-state index >= 15 is 0 Å². The van der Waals surface area contributed by atoms with E-state index in [1.165, 1.54) is 0 Å². The van der Waals surface area contributed by atoms with Crippen LogP contribution in [0, 0.1) is 0 Å². The van der Waals surface area contributed by atoms with Gasteiger partial charge in [-0.15, -0.1) is 0 Å². The van der Waals surface area contributed by atoms with Gasteiger partial charge >= 0.3 is 0 Å². The predicted octanol–water partition coefficient (Wildman–Crippen LogP) is 5.33. The highest BCUT2D eigenvalue weighted by Gasteiger charge is 2.09. The standard InChI is InChI=1S/C15H15Cl3N2O/c1-9(2)19-8-13-11(17)4-6-15(20-13)21-14-5-3-10(16)7-12(14)18/h3-7,9,19H,8H2,1-2H3. The number of pyridine rings is 1. The summed E-state index contributed by atoms with van der Waals surface area (Å²) in [6, 6.07) is 8.83. The fraction of sp³-hybridized carbons (Fsp3) is 0.267. The lowest BCUT2D eigenvalue weighted by atomic mass is 10.3. The van der Waals surface area contributed by atoms with E-state index in [0.29, 0.717) is 39.3 Å². The SMILES string of the molecule is CC(C)NCc1nc(Oc2ccc(Cl)cc2Cl)ccc1Cl. The molecule has 0 atom stereocenters. The number of ether oxygens (including phenoxy) is 1. The van der Waals surface area contributed by atoms with Crippen LogP contribution in [0.2, 0.25) is 15.1 Å². The van der Waals surface area contributed by atoms with Crippen LogP contribution in [0.5, 0.6) is 11.6 Å². The number of halogens is 3. The van der Waals surface area contributed by atoms with E-state index in [2.05, 4.69) is 24.1 Å². The maximum atomic E-state index is 6.13. The monoisotopic (exact) mass is 344 g/mol. The van der Waals surface area contributed by atoms with Crippen molar-refractivity contribution in [3.8, 4) is 11.6 Å². The number of nitrogens with zero attached hydrogens (tertiary/aromatic N) is 1. The minimum atomic E-state index is 0.346. The minimum absolute atomic E-state index is 0.346. The molecule has 0 fully saturated rings. The number of hydrogen-bond acceptors (Lipinski definition) is 3. The maximum Gasteiger partial charge on any atom is 0.219 e. The normalized spacial score (nSPS) is 11.0. The van der Waals surface area contributed by atoms with Crippen LogP contribution in [0.25, 0.3) is 0 Å². The second-order valence-corrected chi connectivity index (χ2v) is 6.04. The fourth-order valence-corrected chi connectivity index (χ4v) is 2.24. The summed E-state index contributed by atoms with van der Waals surface area (Å²) >= 11 is 18.1. The van der Waals surface area contributed by atoms with E-state index in [0.717, 1.165) is 5.69 Å². The molecule has 1 aromatic heterocycles. The van der Waals surface area contributed by atoms with E-state index < -0.39 is 0 Å². The Labute approximate surface area is 139 Å². The van der Waals surface area contributed by atoms with Crippen LogP contribution in [0.1, 0.15) is 19.5 Å². The molecule has 3 nitrogen and oxygen atoms in total. The largest absolute Gasteiger partial charge is 0.437 e. The van der Waals surface area contributed by atoms with Crippen LogP contribution in [-0.4, -0.2) is 11.0 Å². The summed E-state index contributed by atoms with van der Waals surface area (Å²) in [5.41, 5.74) is 0.730. The second-order valence-electron chi connectivity index (χ2n) is 4.79. The quantitative estimate of drug-likeness (QED) is 0.795. The third kappa shape index (κ3) is 4.75. The van der Waals surface area contributed by atoms with E-state index in [9.17, 15) is 0 Å². The lowest BCUT2D eigenvalue weighted by Gasteiger charge is -2.11. The van der Waals surface area contributed by atoms with Gasteiger partial charge in [0.05, 0.1) is 15.7 Å². The van der Waals surface area contributed by atoms with Crippen LogP contribution in [0.4, 0.5) is 0 Å². The van der Waals surface area contributed by atoms with Gasteiger partial charge in [0.25, 0.3) is 0 Å². The Kier molecular flexibility index (Phi) is 5.71. The van der Waals surface area contributed by atoms with Crippen molar-refractivity contribution in [3.63, 3.8) is 0 Å². The zero-order chi connectivity index (χ0) is 15.4. The Morgan fingerprint density at radius 2 is 1.86 bits per heavy atom. The molecule has 0 unspecified atom stereocenters. The van der Waals surface area contributed by atoms with Gasteiger partial charge in [0, 0.05) is 23.7 Å². The Bertz CT molecular complexity index is 632. The lowest BCUT2D eigenvalue weighted by Crippen LogP contribution is -2.22. The summed E-state index contributed by atoms with van der Waals surface area (Å²) in [5.74, 6) is 0.933. The summed E-state index contributed by atoms with van der Waals surface area (Å²) < 4.78 is 5.68. The molecule has 0 spiro atoms. The van der Waals surface area contributed by atoms with Crippen LogP contribution >= 0.6 is 34.8 Å². The zero-order valence-electron chi connectivity index (χ0n) is 11.7. The highest BCUT2D eigenvalue weighted by molar-refractivity contribution is 6.35. The molecule has 0 bridgehead atoms. The number of nitrogens with one attached hydrogen (secondary N) is 1. The molecule has 1 N–H and O–H groups in total. The maximum absolute atomic E-state index is 6.13. The summed E-state index contributed by atoms with van der Waals surface area (Å²) in [4.78, 5) is 4.39. The average molecular weight is 346 g/mol. The predicted molar refractivity (Wildman–Crippen MR) is 87.8 cm³/mol. The van der Waals surface area contributed by atoms with E-state index in [1.54, 1.807) is 30.3 Å². The molecule has 0 aliphatic rings. The van der Waals surface area contributed by atoms with Crippen molar-refractivity contribution in [1.29, 1.82) is 0 Å². The van der Waals surface area contributed by atoms with Crippen LogP contribution in [-0.2, 0) is 6.54 Å². The molecule has 21 heavy (non-hydrogen) atoms. The van der Waals surface area contributed by atoms with E-state index in [1.807, 2.05) is 0 Å². The Morgan fingerprint density at radius 3 is 2.52 bits per heavy atom. The van der Waals surface area contributed by atoms with Gasteiger partial charge < -0.3 is 10.1 Å². The minimum Gasteiger partial charge on any atom is -0.437 e. The van der Waals surface area contributed by atoms with Gasteiger partial charge in [-0.05, 0) is 24.3 Å². The van der Waals surface area contributed by atoms with Gasteiger partial charge in [0.1, 0.15) is 5.75 Å². The van der Waals surface area contributed by atoms with Gasteiger partial charge in [0.15, 0.2) is 0 Å². The smallest absolute Gasteiger partial charge is 0.219 e. The summed E-state index contributed by atoms with van der Waals surface area (Å²) in [5, 5.41) is 4.85. The summed E-state index contributed by atoms with van der Waals surface area (Å²) in [6.45, 7) is 4.69. The lowest BCUT2D eigenvalue weighted by molar-refractivity contribution is 0.458. The van der Waals surface area contributed by atoms with E-state index in [-0.39, 0.29) is 0 Å². The molecular formula is C15H15Cl3N2O. The highest BCUT2D eigenvalue weighted by Crippen LogP contribution is 2.31. The zero-order valence-corrected chi connectivity index (χ0v) is 13.9. The summed E-state index contributed by atoms with van der Waals surface area (Å²) in [6.07, 6.45) is 0. The molecule has 0 saturated carbocycles. The first-order chi connectivity index (χ1) is 9.95. The van der Waals surface area contributed by atoms with Gasteiger partial charge in [-0.2, -0.15) is 0 Å². The molecule has 0 amide bonds. The third-order valence-electron chi connectivity index (χ3n) is 2.68. The highest BCUT2D eigenvalue weighted by atomic mass is 35.5. The van der Waals surface area contributed by atoms with Gasteiger partial charge in [-0.1, -0.05) is 48.7 Å². The van der Waals surface area contributed by atoms with Crippen LogP contribution in [0.15, 0.2) is 30.3 Å². The van der Waals surface area contributed by atoms with Crippen molar-refractivity contribution in [1.82, 2.24) is 10.3 Å². The number of hydrogen-bond donors (Lipinski definition) is 1. The molecule has 0 aliphatic carbocycles. The van der Waals surface area contributed by atoms with Crippen molar-refractivity contribution >= 4 is 34.8 Å². The Hall–Kier alpha value is -1.000. The van der Waals surface area contributed by atoms with Crippen molar-refractivity contribution < 1.29 is 4.74 Å². The molecule has 1 heterocycles. The van der Waals surface area contributed by atoms with Crippen molar-refractivity contribution in [2.24, 2.45) is 0 Å². The molecule has 0 aliphatic heterocycles. The molecule has 112 valence electrons. The Balaban J connectivity index is 2.18. The molecule has 0 saturated heterocycles. The molecular weight excluding hydrogens is 331 g/mol. The molecule has 0 radical (unpaired) electrons. The molecule has 6 heteroatoms. The number of benzene rings is 1. The van der Waals surface area contributed by atoms with E-state index in [4.69, 9.17) is 39.5 Å². The van der Waals surface area contributed by atoms with Crippen molar-refractivity contribution in [2.45, 2.75) is 26.4 Å². The first-order valence-electron chi connectivity index (χ1n) is 6.47. The fourth-order valence-electron chi connectivity index (χ4n) is 1.62. The molecule has 1 aromatic carbocycles. The molecule has 2 rings (SSSR count). The van der Waals surface area contributed by atoms with Gasteiger partial charge in [0.2, 0.25) is 5.88 Å². The average Bonchev–Trinajstić information content (AvgIpc) is 2.42. The van der Waals surface area contributed by atoms with Crippen LogP contribution in [0.3, 0.4) is 0 Å². The second kappa shape index (κ2) is 7.32.